The van der Waals surface area contributed by atoms with Gasteiger partial charge in [-0.1, -0.05) is 0 Å². The van der Waals surface area contributed by atoms with Crippen molar-refractivity contribution in [3.8, 4) is 0 Å². The van der Waals surface area contributed by atoms with Gasteiger partial charge in [0.2, 0.25) is 0 Å². The summed E-state index contributed by atoms with van der Waals surface area (Å²) in [5.41, 5.74) is 1.51. The summed E-state index contributed by atoms with van der Waals surface area (Å²) in [6.45, 7) is 1.85. The van der Waals surface area contributed by atoms with Crippen molar-refractivity contribution in [1.29, 1.82) is 0 Å². The van der Waals surface area contributed by atoms with E-state index in [2.05, 4.69) is 9.88 Å². The third kappa shape index (κ3) is 2.26. The van der Waals surface area contributed by atoms with Crippen molar-refractivity contribution in [2.75, 3.05) is 32.1 Å². The first-order valence-corrected chi connectivity index (χ1v) is 7.17. The maximum atomic E-state index is 12.0. The van der Waals surface area contributed by atoms with Crippen LogP contribution in [-0.4, -0.2) is 54.2 Å². The molecule has 1 aliphatic carbocycles. The van der Waals surface area contributed by atoms with E-state index in [0.717, 1.165) is 31.6 Å². The van der Waals surface area contributed by atoms with Crippen LogP contribution in [0.15, 0.2) is 18.3 Å². The lowest BCUT2D eigenvalue weighted by atomic mass is 10.00. The number of carbonyl (C=O) groups is 1. The molecule has 1 aromatic rings. The minimum Gasteiger partial charge on any atom is -0.393 e. The molecule has 5 nitrogen and oxygen atoms in total. The number of aromatic nitrogens is 1. The third-order valence-electron chi connectivity index (χ3n) is 4.55. The van der Waals surface area contributed by atoms with Gasteiger partial charge in [0.1, 0.15) is 5.69 Å². The molecule has 1 saturated carbocycles. The van der Waals surface area contributed by atoms with Crippen molar-refractivity contribution >= 4 is 11.6 Å². The van der Waals surface area contributed by atoms with E-state index in [1.807, 2.05) is 12.1 Å². The zero-order valence-corrected chi connectivity index (χ0v) is 12.0. The average molecular weight is 275 g/mol. The van der Waals surface area contributed by atoms with Crippen LogP contribution in [0.3, 0.4) is 0 Å². The molecular weight excluding hydrogens is 254 g/mol. The largest absolute Gasteiger partial charge is 0.393 e. The summed E-state index contributed by atoms with van der Waals surface area (Å²) in [7, 11) is 3.46. The molecule has 5 heteroatoms. The Bertz CT molecular complexity index is 518. The summed E-state index contributed by atoms with van der Waals surface area (Å²) in [5, 5.41) is 9.98. The molecule has 2 heterocycles. The van der Waals surface area contributed by atoms with E-state index in [1.54, 1.807) is 20.3 Å². The number of hydrogen-bond donors (Lipinski definition) is 1. The molecule has 1 aromatic heterocycles. The van der Waals surface area contributed by atoms with Crippen LogP contribution in [0.1, 0.15) is 23.3 Å². The normalized spacial score (nSPS) is 28.6. The van der Waals surface area contributed by atoms with Gasteiger partial charge in [0.05, 0.1) is 6.10 Å². The fourth-order valence-electron chi connectivity index (χ4n) is 3.41. The maximum Gasteiger partial charge on any atom is 0.272 e. The zero-order chi connectivity index (χ0) is 14.3. The number of hydrogen-bond acceptors (Lipinski definition) is 4. The zero-order valence-electron chi connectivity index (χ0n) is 12.0. The number of carbonyl (C=O) groups excluding carboxylic acids is 1. The standard InChI is InChI=1S/C15H21N3O2/c1-17(2)15(20)13-7-11(5-6-16-13)18-8-10-3-4-14(19)12(10)9-18/h5-7,10,12,14,19H,3-4,8-9H2,1-2H3. The van der Waals surface area contributed by atoms with Crippen LogP contribution >= 0.6 is 0 Å². The van der Waals surface area contributed by atoms with E-state index >= 15 is 0 Å². The Morgan fingerprint density at radius 3 is 2.90 bits per heavy atom. The maximum absolute atomic E-state index is 12.0. The molecule has 0 bridgehead atoms. The van der Waals surface area contributed by atoms with Gasteiger partial charge in [0.15, 0.2) is 0 Å². The minimum atomic E-state index is -0.158. The molecule has 0 radical (unpaired) electrons. The Morgan fingerprint density at radius 2 is 2.20 bits per heavy atom. The summed E-state index contributed by atoms with van der Waals surface area (Å²) in [4.78, 5) is 19.9. The Morgan fingerprint density at radius 1 is 1.40 bits per heavy atom. The van der Waals surface area contributed by atoms with Gasteiger partial charge in [0, 0.05) is 45.0 Å². The fraction of sp³-hybridized carbons (Fsp3) is 0.600. The van der Waals surface area contributed by atoms with Crippen LogP contribution < -0.4 is 4.90 Å². The van der Waals surface area contributed by atoms with Crippen LogP contribution in [-0.2, 0) is 0 Å². The van der Waals surface area contributed by atoms with Crippen LogP contribution in [0.2, 0.25) is 0 Å². The van der Waals surface area contributed by atoms with Gasteiger partial charge in [-0.05, 0) is 30.9 Å². The highest BCUT2D eigenvalue weighted by Gasteiger charge is 2.41. The van der Waals surface area contributed by atoms with Crippen LogP contribution in [0.25, 0.3) is 0 Å². The van der Waals surface area contributed by atoms with Crippen molar-refractivity contribution in [2.45, 2.75) is 18.9 Å². The van der Waals surface area contributed by atoms with Crippen LogP contribution in [0.4, 0.5) is 5.69 Å². The number of aliphatic hydroxyl groups excluding tert-OH is 1. The van der Waals surface area contributed by atoms with Crippen LogP contribution in [0, 0.1) is 11.8 Å². The molecule has 108 valence electrons. The first kappa shape index (κ1) is 13.4. The second-order valence-corrected chi connectivity index (χ2v) is 6.07. The molecule has 0 aromatic carbocycles. The molecule has 1 N–H and O–H groups in total. The minimum absolute atomic E-state index is 0.0775. The number of pyridine rings is 1. The van der Waals surface area contributed by atoms with Gasteiger partial charge in [-0.15, -0.1) is 0 Å². The van der Waals surface area contributed by atoms with Gasteiger partial charge in [0.25, 0.3) is 5.91 Å². The highest BCUT2D eigenvalue weighted by Crippen LogP contribution is 2.39. The first-order chi connectivity index (χ1) is 9.56. The van der Waals surface area contributed by atoms with Crippen molar-refractivity contribution in [1.82, 2.24) is 9.88 Å². The lowest BCUT2D eigenvalue weighted by molar-refractivity contribution is 0.0822. The monoisotopic (exact) mass is 275 g/mol. The van der Waals surface area contributed by atoms with Crippen LogP contribution in [0.5, 0.6) is 0 Å². The van der Waals surface area contributed by atoms with Gasteiger partial charge in [-0.3, -0.25) is 9.78 Å². The fourth-order valence-corrected chi connectivity index (χ4v) is 3.41. The molecule has 3 unspecified atom stereocenters. The predicted molar refractivity (Wildman–Crippen MR) is 76.7 cm³/mol. The average Bonchev–Trinajstić information content (AvgIpc) is 3.01. The van der Waals surface area contributed by atoms with E-state index < -0.39 is 0 Å². The van der Waals surface area contributed by atoms with Crippen molar-refractivity contribution in [2.24, 2.45) is 11.8 Å². The van der Waals surface area contributed by atoms with Crippen molar-refractivity contribution in [3.63, 3.8) is 0 Å². The molecule has 20 heavy (non-hydrogen) atoms. The second kappa shape index (κ2) is 5.05. The molecule has 1 aliphatic heterocycles. The van der Waals surface area contributed by atoms with E-state index in [0.29, 0.717) is 17.5 Å². The van der Waals surface area contributed by atoms with Gasteiger partial charge >= 0.3 is 0 Å². The topological polar surface area (TPSA) is 56.7 Å². The molecule has 3 rings (SSSR count). The SMILES string of the molecule is CN(C)C(=O)c1cc(N2CC3CCC(O)C3C2)ccn1. The molecular formula is C15H21N3O2. The number of aliphatic hydroxyl groups is 1. The van der Waals surface area contributed by atoms with Crippen molar-refractivity contribution in [3.05, 3.63) is 24.0 Å². The molecule has 2 fully saturated rings. The van der Waals surface area contributed by atoms with Gasteiger partial charge < -0.3 is 14.9 Å². The number of rotatable bonds is 2. The second-order valence-electron chi connectivity index (χ2n) is 6.07. The van der Waals surface area contributed by atoms with E-state index in [9.17, 15) is 9.90 Å². The summed E-state index contributed by atoms with van der Waals surface area (Å²) >= 11 is 0. The highest BCUT2D eigenvalue weighted by molar-refractivity contribution is 5.92. The van der Waals surface area contributed by atoms with Gasteiger partial charge in [-0.25, -0.2) is 0 Å². The molecule has 1 saturated heterocycles. The Hall–Kier alpha value is -1.62. The predicted octanol–water partition coefficient (Wildman–Crippen LogP) is 0.990. The van der Waals surface area contributed by atoms with E-state index in [4.69, 9.17) is 0 Å². The van der Waals surface area contributed by atoms with Crippen molar-refractivity contribution < 1.29 is 9.90 Å². The number of nitrogens with zero attached hydrogens (tertiary/aromatic N) is 3. The summed E-state index contributed by atoms with van der Waals surface area (Å²) < 4.78 is 0. The Labute approximate surface area is 119 Å². The Kier molecular flexibility index (Phi) is 3.38. The molecule has 0 spiro atoms. The number of anilines is 1. The number of amides is 1. The number of fused-ring (bicyclic) bond motifs is 1. The molecule has 2 aliphatic rings. The summed E-state index contributed by atoms with van der Waals surface area (Å²) in [6, 6.07) is 3.80. The Balaban J connectivity index is 1.79. The molecule has 3 atom stereocenters. The lowest BCUT2D eigenvalue weighted by Gasteiger charge is -2.21. The first-order valence-electron chi connectivity index (χ1n) is 7.17. The van der Waals surface area contributed by atoms with Gasteiger partial charge in [-0.2, -0.15) is 0 Å². The highest BCUT2D eigenvalue weighted by atomic mass is 16.3. The smallest absolute Gasteiger partial charge is 0.272 e. The lowest BCUT2D eigenvalue weighted by Crippen LogP contribution is -2.26. The van der Waals surface area contributed by atoms with E-state index in [1.165, 1.54) is 4.90 Å². The molecule has 1 amide bonds. The summed E-state index contributed by atoms with van der Waals surface area (Å²) in [5.74, 6) is 0.897. The van der Waals surface area contributed by atoms with E-state index in [-0.39, 0.29) is 12.0 Å². The third-order valence-corrected chi connectivity index (χ3v) is 4.55. The summed E-state index contributed by atoms with van der Waals surface area (Å²) in [6.07, 6.45) is 3.58. The quantitative estimate of drug-likeness (QED) is 0.874.